The van der Waals surface area contributed by atoms with Crippen molar-refractivity contribution in [3.05, 3.63) is 80.9 Å². The summed E-state index contributed by atoms with van der Waals surface area (Å²) in [5.74, 6) is 0.314. The lowest BCUT2D eigenvalue weighted by Crippen LogP contribution is -2.12. The zero-order valence-electron chi connectivity index (χ0n) is 18.8. The fraction of sp³-hybridized carbons (Fsp3) is 0.200. The van der Waals surface area contributed by atoms with Gasteiger partial charge in [0.05, 0.1) is 22.7 Å². The van der Waals surface area contributed by atoms with Crippen molar-refractivity contribution in [3.8, 4) is 17.2 Å². The molecule has 0 spiro atoms. The summed E-state index contributed by atoms with van der Waals surface area (Å²) in [6.45, 7) is 4.30. The molecule has 174 valence electrons. The molecule has 0 unspecified atom stereocenters. The Morgan fingerprint density at radius 3 is 2.71 bits per heavy atom. The molecule has 0 saturated heterocycles. The number of fused-ring (bicyclic) bond motifs is 1. The standard InChI is InChI=1S/C25H22ClN3O5/c1-4-14(2)15-6-9-22-20(11-15)28-25(34-22)17-5-8-18(26)19(12-17)27-24(30)16-7-10-23(33-3)21(13-16)29(31)32/h5-14H,4H2,1-3H3,(H,27,30)/t14-/m0/s1. The van der Waals surface area contributed by atoms with Crippen LogP contribution in [0.25, 0.3) is 22.6 Å². The highest BCUT2D eigenvalue weighted by atomic mass is 35.5. The van der Waals surface area contributed by atoms with Crippen LogP contribution in [0, 0.1) is 10.1 Å². The SMILES string of the molecule is CC[C@H](C)c1ccc2oc(-c3ccc(Cl)c(NC(=O)c4ccc(OC)c([N+](=O)[O-])c4)c3)nc2c1. The number of carbonyl (C=O) groups excluding carboxylic acids is 1. The Kier molecular flexibility index (Phi) is 6.51. The number of amides is 1. The van der Waals surface area contributed by atoms with Crippen LogP contribution in [0.5, 0.6) is 5.75 Å². The van der Waals surface area contributed by atoms with Gasteiger partial charge >= 0.3 is 5.69 Å². The first-order valence-corrected chi connectivity index (χ1v) is 11.0. The van der Waals surface area contributed by atoms with Crippen molar-refractivity contribution >= 4 is 40.0 Å². The minimum Gasteiger partial charge on any atom is -0.490 e. The van der Waals surface area contributed by atoms with Crippen LogP contribution in [0.3, 0.4) is 0 Å². The van der Waals surface area contributed by atoms with Crippen LogP contribution in [0.15, 0.2) is 59.0 Å². The van der Waals surface area contributed by atoms with E-state index in [9.17, 15) is 14.9 Å². The van der Waals surface area contributed by atoms with E-state index in [0.29, 0.717) is 33.7 Å². The normalized spacial score (nSPS) is 11.9. The number of benzene rings is 3. The van der Waals surface area contributed by atoms with Crippen LogP contribution in [0.2, 0.25) is 5.02 Å². The molecular formula is C25H22ClN3O5. The van der Waals surface area contributed by atoms with Crippen LogP contribution < -0.4 is 10.1 Å². The zero-order valence-corrected chi connectivity index (χ0v) is 19.6. The molecule has 4 rings (SSSR count). The molecule has 0 aliphatic carbocycles. The number of oxazole rings is 1. The maximum absolute atomic E-state index is 12.8. The van der Waals surface area contributed by atoms with Crippen molar-refractivity contribution in [2.75, 3.05) is 12.4 Å². The topological polar surface area (TPSA) is 108 Å². The molecule has 8 nitrogen and oxygen atoms in total. The number of rotatable bonds is 7. The van der Waals surface area contributed by atoms with Crippen molar-refractivity contribution in [1.29, 1.82) is 0 Å². The quantitative estimate of drug-likeness (QED) is 0.230. The fourth-order valence-corrected chi connectivity index (χ4v) is 3.70. The molecular weight excluding hydrogens is 458 g/mol. The van der Waals surface area contributed by atoms with Crippen molar-refractivity contribution in [2.24, 2.45) is 0 Å². The lowest BCUT2D eigenvalue weighted by Gasteiger charge is -2.09. The third kappa shape index (κ3) is 4.58. The average molecular weight is 480 g/mol. The van der Waals surface area contributed by atoms with E-state index in [4.69, 9.17) is 20.8 Å². The molecule has 4 aromatic rings. The third-order valence-corrected chi connectivity index (χ3v) is 6.02. The monoisotopic (exact) mass is 479 g/mol. The highest BCUT2D eigenvalue weighted by molar-refractivity contribution is 6.34. The maximum Gasteiger partial charge on any atom is 0.311 e. The number of anilines is 1. The van der Waals surface area contributed by atoms with Gasteiger partial charge in [0, 0.05) is 17.2 Å². The lowest BCUT2D eigenvalue weighted by molar-refractivity contribution is -0.385. The van der Waals surface area contributed by atoms with Gasteiger partial charge in [-0.1, -0.05) is 31.5 Å². The maximum atomic E-state index is 12.8. The van der Waals surface area contributed by atoms with E-state index in [-0.39, 0.29) is 17.0 Å². The van der Waals surface area contributed by atoms with Gasteiger partial charge in [0.25, 0.3) is 5.91 Å². The number of hydrogen-bond acceptors (Lipinski definition) is 6. The zero-order chi connectivity index (χ0) is 24.4. The summed E-state index contributed by atoms with van der Waals surface area (Å²) in [6, 6.07) is 15.0. The van der Waals surface area contributed by atoms with Gasteiger partial charge in [0.2, 0.25) is 5.89 Å². The molecule has 0 aliphatic rings. The summed E-state index contributed by atoms with van der Waals surface area (Å²) < 4.78 is 10.9. The van der Waals surface area contributed by atoms with Crippen LogP contribution in [0.1, 0.15) is 42.1 Å². The van der Waals surface area contributed by atoms with Gasteiger partial charge in [-0.25, -0.2) is 4.98 Å². The van der Waals surface area contributed by atoms with Crippen molar-refractivity contribution in [1.82, 2.24) is 4.98 Å². The summed E-state index contributed by atoms with van der Waals surface area (Å²) in [7, 11) is 1.32. The number of carbonyl (C=O) groups is 1. The number of methoxy groups -OCH3 is 1. The first kappa shape index (κ1) is 23.3. The van der Waals surface area contributed by atoms with Crippen molar-refractivity contribution in [3.63, 3.8) is 0 Å². The van der Waals surface area contributed by atoms with Gasteiger partial charge < -0.3 is 14.5 Å². The number of ether oxygens (including phenoxy) is 1. The van der Waals surface area contributed by atoms with Gasteiger partial charge in [-0.15, -0.1) is 0 Å². The summed E-state index contributed by atoms with van der Waals surface area (Å²) in [6.07, 6.45) is 1.02. The van der Waals surface area contributed by atoms with E-state index in [1.54, 1.807) is 18.2 Å². The van der Waals surface area contributed by atoms with Crippen LogP contribution in [-0.2, 0) is 0 Å². The van der Waals surface area contributed by atoms with Crippen LogP contribution >= 0.6 is 11.6 Å². The molecule has 1 N–H and O–H groups in total. The highest BCUT2D eigenvalue weighted by Crippen LogP contribution is 2.33. The molecule has 1 heterocycles. The summed E-state index contributed by atoms with van der Waals surface area (Å²) >= 11 is 6.30. The number of aromatic nitrogens is 1. The Balaban J connectivity index is 1.63. The van der Waals surface area contributed by atoms with E-state index in [2.05, 4.69) is 24.1 Å². The molecule has 1 aromatic heterocycles. The number of nitro groups is 1. The van der Waals surface area contributed by atoms with Crippen LogP contribution in [0.4, 0.5) is 11.4 Å². The minimum atomic E-state index is -0.608. The Labute approximate surface area is 200 Å². The number of nitro benzene ring substituents is 1. The van der Waals surface area contributed by atoms with E-state index >= 15 is 0 Å². The minimum absolute atomic E-state index is 0.0639. The number of halogens is 1. The Morgan fingerprint density at radius 2 is 2.00 bits per heavy atom. The molecule has 3 aromatic carbocycles. The fourth-order valence-electron chi connectivity index (χ4n) is 3.53. The number of nitrogens with zero attached hydrogens (tertiary/aromatic N) is 2. The molecule has 0 radical (unpaired) electrons. The van der Waals surface area contributed by atoms with E-state index < -0.39 is 10.8 Å². The molecule has 0 bridgehead atoms. The summed E-state index contributed by atoms with van der Waals surface area (Å²) in [5.41, 5.74) is 3.33. The van der Waals surface area contributed by atoms with Crippen molar-refractivity contribution < 1.29 is 18.9 Å². The predicted octanol–water partition coefficient (Wildman–Crippen LogP) is 6.83. The van der Waals surface area contributed by atoms with Gasteiger partial charge in [-0.05, 0) is 60.4 Å². The molecule has 0 saturated carbocycles. The molecule has 9 heteroatoms. The second-order valence-corrected chi connectivity index (χ2v) is 8.26. The Bertz CT molecular complexity index is 1400. The lowest BCUT2D eigenvalue weighted by atomic mass is 9.98. The first-order valence-electron chi connectivity index (χ1n) is 10.6. The number of hydrogen-bond donors (Lipinski definition) is 1. The van der Waals surface area contributed by atoms with Gasteiger partial charge in [0.15, 0.2) is 11.3 Å². The highest BCUT2D eigenvalue weighted by Gasteiger charge is 2.19. The average Bonchev–Trinajstić information content (AvgIpc) is 3.27. The van der Waals surface area contributed by atoms with E-state index in [1.165, 1.54) is 24.8 Å². The van der Waals surface area contributed by atoms with Gasteiger partial charge in [0.1, 0.15) is 5.52 Å². The molecule has 0 fully saturated rings. The predicted molar refractivity (Wildman–Crippen MR) is 131 cm³/mol. The Hall–Kier alpha value is -3.91. The van der Waals surface area contributed by atoms with Crippen molar-refractivity contribution in [2.45, 2.75) is 26.2 Å². The van der Waals surface area contributed by atoms with E-state index in [1.807, 2.05) is 18.2 Å². The Morgan fingerprint density at radius 1 is 1.21 bits per heavy atom. The summed E-state index contributed by atoms with van der Waals surface area (Å²) in [5, 5.41) is 14.3. The second-order valence-electron chi connectivity index (χ2n) is 7.85. The smallest absolute Gasteiger partial charge is 0.311 e. The van der Waals surface area contributed by atoms with Crippen LogP contribution in [-0.4, -0.2) is 22.9 Å². The largest absolute Gasteiger partial charge is 0.490 e. The molecule has 34 heavy (non-hydrogen) atoms. The third-order valence-electron chi connectivity index (χ3n) is 5.69. The number of nitrogens with one attached hydrogen (secondary N) is 1. The second kappa shape index (κ2) is 9.52. The first-order chi connectivity index (χ1) is 16.3. The van der Waals surface area contributed by atoms with Gasteiger partial charge in [-0.2, -0.15) is 0 Å². The van der Waals surface area contributed by atoms with Gasteiger partial charge in [-0.3, -0.25) is 14.9 Å². The molecule has 1 atom stereocenters. The summed E-state index contributed by atoms with van der Waals surface area (Å²) in [4.78, 5) is 28.1. The molecule has 1 amide bonds. The van der Waals surface area contributed by atoms with E-state index in [0.717, 1.165) is 18.0 Å². The molecule has 0 aliphatic heterocycles.